The van der Waals surface area contributed by atoms with Crippen LogP contribution in [0.25, 0.3) is 0 Å². The van der Waals surface area contributed by atoms with Gasteiger partial charge in [-0.05, 0) is 18.8 Å². The summed E-state index contributed by atoms with van der Waals surface area (Å²) in [5.41, 5.74) is 0. The van der Waals surface area contributed by atoms with E-state index in [2.05, 4.69) is 0 Å². The van der Waals surface area contributed by atoms with E-state index in [1.807, 2.05) is 6.92 Å². The lowest BCUT2D eigenvalue weighted by Gasteiger charge is -2.36. The number of carbonyl (C=O) groups is 3. The third-order valence-electron chi connectivity index (χ3n) is 3.62. The molecule has 19 heavy (non-hydrogen) atoms. The summed E-state index contributed by atoms with van der Waals surface area (Å²) >= 11 is 1.48. The quantitative estimate of drug-likeness (QED) is 0.803. The number of amides is 2. The lowest BCUT2D eigenvalue weighted by Crippen LogP contribution is -2.52. The van der Waals surface area contributed by atoms with Crippen molar-refractivity contribution in [3.63, 3.8) is 0 Å². The highest BCUT2D eigenvalue weighted by Crippen LogP contribution is 2.23. The fourth-order valence-corrected chi connectivity index (χ4v) is 3.37. The molecule has 2 atom stereocenters. The van der Waals surface area contributed by atoms with Gasteiger partial charge < -0.3 is 14.9 Å². The first-order valence-corrected chi connectivity index (χ1v) is 7.52. The maximum Gasteiger partial charge on any atom is 0.326 e. The number of carboxylic acids is 1. The van der Waals surface area contributed by atoms with Crippen LogP contribution in [0.15, 0.2) is 0 Å². The summed E-state index contributed by atoms with van der Waals surface area (Å²) in [5.74, 6) is -0.0129. The minimum Gasteiger partial charge on any atom is -0.480 e. The third-order valence-corrected chi connectivity index (χ3v) is 4.57. The Balaban J connectivity index is 2.00. The van der Waals surface area contributed by atoms with Gasteiger partial charge in [-0.25, -0.2) is 4.79 Å². The number of rotatable bonds is 3. The van der Waals surface area contributed by atoms with Crippen molar-refractivity contribution in [2.75, 3.05) is 24.7 Å². The lowest BCUT2D eigenvalue weighted by molar-refractivity contribution is -0.154. The first-order valence-electron chi connectivity index (χ1n) is 6.37. The molecule has 7 heteroatoms. The van der Waals surface area contributed by atoms with Gasteiger partial charge in [0.15, 0.2) is 0 Å². The van der Waals surface area contributed by atoms with Crippen LogP contribution < -0.4 is 0 Å². The summed E-state index contributed by atoms with van der Waals surface area (Å²) in [4.78, 5) is 37.8. The van der Waals surface area contributed by atoms with E-state index in [1.165, 1.54) is 21.6 Å². The van der Waals surface area contributed by atoms with Crippen LogP contribution in [0.1, 0.15) is 19.8 Å². The molecule has 0 aromatic carbocycles. The van der Waals surface area contributed by atoms with Crippen molar-refractivity contribution in [2.45, 2.75) is 25.8 Å². The van der Waals surface area contributed by atoms with Crippen LogP contribution in [-0.2, 0) is 14.4 Å². The Hall–Kier alpha value is -1.24. The molecular weight excluding hydrogens is 268 g/mol. The van der Waals surface area contributed by atoms with Crippen LogP contribution in [0, 0.1) is 5.92 Å². The molecule has 0 saturated carbocycles. The van der Waals surface area contributed by atoms with E-state index in [1.54, 1.807) is 0 Å². The molecule has 2 rings (SSSR count). The molecule has 2 unspecified atom stereocenters. The Morgan fingerprint density at radius 1 is 1.47 bits per heavy atom. The van der Waals surface area contributed by atoms with Gasteiger partial charge in [-0.1, -0.05) is 6.92 Å². The number of hydrogen-bond donors (Lipinski definition) is 1. The smallest absolute Gasteiger partial charge is 0.326 e. The van der Waals surface area contributed by atoms with Crippen LogP contribution in [0.5, 0.6) is 0 Å². The molecule has 0 spiro atoms. The molecule has 0 aromatic rings. The summed E-state index contributed by atoms with van der Waals surface area (Å²) in [6.07, 6.45) is 1.31. The Bertz CT molecular complexity index is 401. The van der Waals surface area contributed by atoms with Crippen molar-refractivity contribution in [3.05, 3.63) is 0 Å². The Morgan fingerprint density at radius 3 is 2.79 bits per heavy atom. The molecule has 106 valence electrons. The first kappa shape index (κ1) is 14.2. The van der Waals surface area contributed by atoms with E-state index in [9.17, 15) is 19.5 Å². The predicted molar refractivity (Wildman–Crippen MR) is 70.6 cm³/mol. The summed E-state index contributed by atoms with van der Waals surface area (Å²) in [7, 11) is 0. The second-order valence-corrected chi connectivity index (χ2v) is 6.10. The largest absolute Gasteiger partial charge is 0.480 e. The molecule has 2 aliphatic heterocycles. The van der Waals surface area contributed by atoms with Gasteiger partial charge in [0.1, 0.15) is 12.6 Å². The van der Waals surface area contributed by atoms with Gasteiger partial charge in [0.05, 0.1) is 11.6 Å². The zero-order valence-electron chi connectivity index (χ0n) is 10.9. The van der Waals surface area contributed by atoms with E-state index < -0.39 is 12.0 Å². The van der Waals surface area contributed by atoms with Crippen molar-refractivity contribution < 1.29 is 19.5 Å². The molecule has 1 N–H and O–H groups in total. The molecule has 0 aliphatic carbocycles. The van der Waals surface area contributed by atoms with E-state index in [0.717, 1.165) is 6.42 Å². The number of nitrogens with zero attached hydrogens (tertiary/aromatic N) is 2. The normalized spacial score (nSPS) is 27.7. The number of carbonyl (C=O) groups excluding carboxylic acids is 2. The molecule has 0 radical (unpaired) electrons. The van der Waals surface area contributed by atoms with Crippen LogP contribution in [0.3, 0.4) is 0 Å². The van der Waals surface area contributed by atoms with E-state index in [0.29, 0.717) is 30.5 Å². The maximum atomic E-state index is 12.2. The molecular formula is C12H18N2O4S. The van der Waals surface area contributed by atoms with Gasteiger partial charge in [-0.2, -0.15) is 0 Å². The zero-order valence-corrected chi connectivity index (χ0v) is 11.7. The van der Waals surface area contributed by atoms with Gasteiger partial charge in [0.25, 0.3) is 0 Å². The lowest BCUT2D eigenvalue weighted by atomic mass is 9.92. The number of hydrogen-bond acceptors (Lipinski definition) is 4. The van der Waals surface area contributed by atoms with Gasteiger partial charge in [-0.3, -0.25) is 9.59 Å². The van der Waals surface area contributed by atoms with Crippen molar-refractivity contribution in [1.82, 2.24) is 9.80 Å². The van der Waals surface area contributed by atoms with Gasteiger partial charge in [0.2, 0.25) is 11.8 Å². The fraction of sp³-hybridized carbons (Fsp3) is 0.750. The molecule has 0 aromatic heterocycles. The standard InChI is InChI=1S/C12H18N2O4S/c1-8-2-3-14(9(4-8)12(17)18)10(15)5-13-7-19-6-11(13)16/h8-9H,2-7H2,1H3,(H,17,18). The number of likely N-dealkylation sites (tertiary alicyclic amines) is 1. The average molecular weight is 286 g/mol. The monoisotopic (exact) mass is 286 g/mol. The van der Waals surface area contributed by atoms with Crippen LogP contribution in [0.4, 0.5) is 0 Å². The number of piperidine rings is 1. The predicted octanol–water partition coefficient (Wildman–Crippen LogP) is 0.231. The molecule has 2 saturated heterocycles. The van der Waals surface area contributed by atoms with Crippen LogP contribution in [0.2, 0.25) is 0 Å². The summed E-state index contributed by atoms with van der Waals surface area (Å²) in [6, 6.07) is -0.749. The first-order chi connectivity index (χ1) is 8.99. The Labute approximate surface area is 116 Å². The minimum atomic E-state index is -0.956. The van der Waals surface area contributed by atoms with Crippen LogP contribution in [-0.4, -0.2) is 63.5 Å². The SMILES string of the molecule is CC1CCN(C(=O)CN2CSCC2=O)C(C(=O)O)C1. The third kappa shape index (κ3) is 3.20. The molecule has 6 nitrogen and oxygen atoms in total. The number of carboxylic acid groups (broad SMARTS) is 1. The number of aliphatic carboxylic acids is 1. The second kappa shape index (κ2) is 5.81. The fourth-order valence-electron chi connectivity index (χ4n) is 2.47. The summed E-state index contributed by atoms with van der Waals surface area (Å²) in [5, 5.41) is 9.21. The summed E-state index contributed by atoms with van der Waals surface area (Å²) in [6.45, 7) is 2.47. The van der Waals surface area contributed by atoms with Gasteiger partial charge in [-0.15, -0.1) is 11.8 Å². The minimum absolute atomic E-state index is 0.00396. The van der Waals surface area contributed by atoms with Crippen LogP contribution >= 0.6 is 11.8 Å². The van der Waals surface area contributed by atoms with E-state index in [-0.39, 0.29) is 18.4 Å². The van der Waals surface area contributed by atoms with Crippen molar-refractivity contribution in [2.24, 2.45) is 5.92 Å². The maximum absolute atomic E-state index is 12.2. The van der Waals surface area contributed by atoms with Crippen molar-refractivity contribution >= 4 is 29.5 Å². The van der Waals surface area contributed by atoms with E-state index >= 15 is 0 Å². The molecule has 2 amide bonds. The topological polar surface area (TPSA) is 77.9 Å². The second-order valence-electron chi connectivity index (χ2n) is 5.14. The Morgan fingerprint density at radius 2 is 2.21 bits per heavy atom. The van der Waals surface area contributed by atoms with Crippen molar-refractivity contribution in [1.29, 1.82) is 0 Å². The molecule has 2 heterocycles. The number of thioether (sulfide) groups is 1. The highest BCUT2D eigenvalue weighted by atomic mass is 32.2. The van der Waals surface area contributed by atoms with Gasteiger partial charge in [0, 0.05) is 6.54 Å². The summed E-state index contributed by atoms with van der Waals surface area (Å²) < 4.78 is 0. The Kier molecular flexibility index (Phi) is 4.34. The molecule has 0 bridgehead atoms. The molecule has 2 aliphatic rings. The van der Waals surface area contributed by atoms with Gasteiger partial charge >= 0.3 is 5.97 Å². The van der Waals surface area contributed by atoms with E-state index in [4.69, 9.17) is 0 Å². The molecule has 2 fully saturated rings. The highest BCUT2D eigenvalue weighted by Gasteiger charge is 2.36. The average Bonchev–Trinajstić information content (AvgIpc) is 2.74. The zero-order chi connectivity index (χ0) is 14.0. The highest BCUT2D eigenvalue weighted by molar-refractivity contribution is 8.00. The van der Waals surface area contributed by atoms with Crippen molar-refractivity contribution in [3.8, 4) is 0 Å².